The molecule has 4 N–H and O–H groups in total. The zero-order chi connectivity index (χ0) is 30.4. The number of hydrogen-bond donors (Lipinski definition) is 4. The SMILES string of the molecule is CO[C@]12CC[C@@]3(C[C@@H]1CNC(=O)[C@H](Cc1ccc(O)cc1)NC(C)=O)[C@H]1Cc4ccc(O)c5c4[C@@]3(CCN1CC1CC1)[C@H]2O5. The van der Waals surface area contributed by atoms with Gasteiger partial charge in [-0.1, -0.05) is 18.2 Å². The number of amides is 2. The maximum Gasteiger partial charge on any atom is 0.242 e. The molecule has 234 valence electrons. The predicted molar refractivity (Wildman–Crippen MR) is 163 cm³/mol. The molecule has 0 aromatic heterocycles. The molecule has 2 aromatic rings. The highest BCUT2D eigenvalue weighted by molar-refractivity contribution is 5.87. The van der Waals surface area contributed by atoms with Crippen LogP contribution in [0.2, 0.25) is 0 Å². The van der Waals surface area contributed by atoms with E-state index in [1.165, 1.54) is 30.9 Å². The van der Waals surface area contributed by atoms with Crippen LogP contribution in [0.4, 0.5) is 0 Å². The highest BCUT2D eigenvalue weighted by Crippen LogP contribution is 2.76. The third-order valence-electron chi connectivity index (χ3n) is 12.4. The van der Waals surface area contributed by atoms with Crippen LogP contribution < -0.4 is 15.4 Å². The molecule has 7 aliphatic rings. The summed E-state index contributed by atoms with van der Waals surface area (Å²) in [6, 6.07) is 10.3. The lowest BCUT2D eigenvalue weighted by Gasteiger charge is -2.74. The second-order valence-corrected chi connectivity index (χ2v) is 14.4. The van der Waals surface area contributed by atoms with Gasteiger partial charge in [-0.25, -0.2) is 0 Å². The van der Waals surface area contributed by atoms with Gasteiger partial charge in [0.15, 0.2) is 11.5 Å². The molecule has 0 radical (unpaired) electrons. The van der Waals surface area contributed by atoms with Gasteiger partial charge in [-0.15, -0.1) is 0 Å². The number of carbonyl (C=O) groups excluding carboxylic acids is 2. The minimum Gasteiger partial charge on any atom is -0.508 e. The molecule has 4 saturated carbocycles. The van der Waals surface area contributed by atoms with Gasteiger partial charge < -0.3 is 30.3 Å². The van der Waals surface area contributed by atoms with Crippen molar-refractivity contribution in [3.63, 3.8) is 0 Å². The fourth-order valence-corrected chi connectivity index (χ4v) is 10.5. The number of fused-ring (bicyclic) bond motifs is 2. The first-order valence-corrected chi connectivity index (χ1v) is 16.3. The highest BCUT2D eigenvalue weighted by Gasteiger charge is 2.80. The summed E-state index contributed by atoms with van der Waals surface area (Å²) < 4.78 is 13.5. The van der Waals surface area contributed by atoms with Gasteiger partial charge in [-0.3, -0.25) is 14.5 Å². The van der Waals surface area contributed by atoms with E-state index in [1.54, 1.807) is 37.4 Å². The van der Waals surface area contributed by atoms with Gasteiger partial charge in [0, 0.05) is 61.9 Å². The minimum atomic E-state index is -0.740. The Bertz CT molecular complexity index is 1510. The normalized spacial score (nSPS) is 35.0. The lowest BCUT2D eigenvalue weighted by molar-refractivity contribution is -0.276. The fourth-order valence-electron chi connectivity index (χ4n) is 10.5. The van der Waals surface area contributed by atoms with E-state index in [1.807, 2.05) is 0 Å². The molecule has 2 spiro atoms. The zero-order valence-corrected chi connectivity index (χ0v) is 25.6. The Morgan fingerprint density at radius 1 is 1.11 bits per heavy atom. The standard InChI is InChI=1S/C35H43N3O6/c1-20(39)37-26(15-21-5-8-25(40)9-6-21)31(42)36-18-24-17-33-11-12-35(24,43-2)32-34(33)13-14-38(19-22-3-4-22)28(33)16-23-7-10-27(41)30(44-32)29(23)34/h5-10,22,24,26,28,32,40-41H,3-4,11-19H2,1-2H3,(H,36,42)(H,37,39)/t24-,26+,28-,32-,33-,34+,35-/m1/s1. The number of carbonyl (C=O) groups is 2. The molecule has 2 aliphatic heterocycles. The van der Waals surface area contributed by atoms with Gasteiger partial charge in [-0.2, -0.15) is 0 Å². The molecule has 2 aromatic carbocycles. The van der Waals surface area contributed by atoms with Crippen molar-refractivity contribution in [3.8, 4) is 17.2 Å². The molecule has 44 heavy (non-hydrogen) atoms. The molecule has 9 rings (SSSR count). The molecule has 2 amide bonds. The average Bonchev–Trinajstić information content (AvgIpc) is 3.75. The number of phenols is 2. The second-order valence-electron chi connectivity index (χ2n) is 14.4. The molecular weight excluding hydrogens is 558 g/mol. The van der Waals surface area contributed by atoms with Crippen molar-refractivity contribution < 1.29 is 29.3 Å². The first-order chi connectivity index (χ1) is 21.2. The Labute approximate surface area is 258 Å². The topological polar surface area (TPSA) is 120 Å². The monoisotopic (exact) mass is 601 g/mol. The number of aromatic hydroxyl groups is 2. The van der Waals surface area contributed by atoms with Gasteiger partial charge in [-0.05, 0) is 86.7 Å². The molecule has 9 nitrogen and oxygen atoms in total. The number of benzene rings is 2. The molecule has 0 unspecified atom stereocenters. The van der Waals surface area contributed by atoms with Crippen LogP contribution >= 0.6 is 0 Å². The third-order valence-corrected chi connectivity index (χ3v) is 12.4. The van der Waals surface area contributed by atoms with E-state index in [0.29, 0.717) is 24.8 Å². The van der Waals surface area contributed by atoms with Gasteiger partial charge in [0.05, 0.1) is 0 Å². The van der Waals surface area contributed by atoms with Crippen molar-refractivity contribution in [2.75, 3.05) is 26.7 Å². The number of hydrogen-bond acceptors (Lipinski definition) is 7. The lowest BCUT2D eigenvalue weighted by Crippen LogP contribution is -2.81. The summed E-state index contributed by atoms with van der Waals surface area (Å²) in [6.07, 6.45) is 7.49. The van der Waals surface area contributed by atoms with Crippen LogP contribution in [0.5, 0.6) is 17.2 Å². The maximum atomic E-state index is 13.7. The molecule has 7 atom stereocenters. The van der Waals surface area contributed by atoms with Crippen LogP contribution in [0.25, 0.3) is 0 Å². The number of likely N-dealkylation sites (tertiary alicyclic amines) is 1. The number of rotatable bonds is 9. The number of nitrogens with one attached hydrogen (secondary N) is 2. The summed E-state index contributed by atoms with van der Waals surface area (Å²) >= 11 is 0. The van der Waals surface area contributed by atoms with Crippen LogP contribution in [0.15, 0.2) is 36.4 Å². The second kappa shape index (κ2) is 9.85. The van der Waals surface area contributed by atoms with Crippen LogP contribution in [0.3, 0.4) is 0 Å². The van der Waals surface area contributed by atoms with Gasteiger partial charge in [0.25, 0.3) is 0 Å². The van der Waals surface area contributed by atoms with Gasteiger partial charge in [0.1, 0.15) is 23.5 Å². The van der Waals surface area contributed by atoms with E-state index in [-0.39, 0.29) is 46.2 Å². The summed E-state index contributed by atoms with van der Waals surface area (Å²) in [4.78, 5) is 28.6. The van der Waals surface area contributed by atoms with Crippen molar-refractivity contribution in [1.82, 2.24) is 15.5 Å². The van der Waals surface area contributed by atoms with E-state index in [4.69, 9.17) is 9.47 Å². The molecule has 5 fully saturated rings. The lowest BCUT2D eigenvalue weighted by atomic mass is 9.35. The van der Waals surface area contributed by atoms with Crippen LogP contribution in [-0.4, -0.2) is 77.5 Å². The molecular formula is C35H43N3O6. The number of ether oxygens (including phenoxy) is 2. The van der Waals surface area contributed by atoms with Crippen LogP contribution in [-0.2, 0) is 32.6 Å². The van der Waals surface area contributed by atoms with E-state index in [0.717, 1.165) is 56.7 Å². The Hall–Kier alpha value is -3.30. The van der Waals surface area contributed by atoms with Crippen molar-refractivity contribution >= 4 is 11.8 Å². The molecule has 2 heterocycles. The summed E-state index contributed by atoms with van der Waals surface area (Å²) in [6.45, 7) is 4.03. The Kier molecular flexibility index (Phi) is 6.31. The van der Waals surface area contributed by atoms with Crippen molar-refractivity contribution in [3.05, 3.63) is 53.1 Å². The summed E-state index contributed by atoms with van der Waals surface area (Å²) in [5.41, 5.74) is 2.53. The van der Waals surface area contributed by atoms with E-state index in [2.05, 4.69) is 21.6 Å². The van der Waals surface area contributed by atoms with Crippen LogP contribution in [0, 0.1) is 17.3 Å². The smallest absolute Gasteiger partial charge is 0.242 e. The van der Waals surface area contributed by atoms with E-state index < -0.39 is 11.6 Å². The summed E-state index contributed by atoms with van der Waals surface area (Å²) in [5.74, 6) is 1.33. The van der Waals surface area contributed by atoms with Crippen molar-refractivity contribution in [2.24, 2.45) is 17.3 Å². The first kappa shape index (κ1) is 28.2. The first-order valence-electron chi connectivity index (χ1n) is 16.3. The van der Waals surface area contributed by atoms with E-state index in [9.17, 15) is 19.8 Å². The van der Waals surface area contributed by atoms with Crippen LogP contribution in [0.1, 0.15) is 62.1 Å². The number of phenolic OH excluding ortho intramolecular Hbond substituents is 2. The summed E-state index contributed by atoms with van der Waals surface area (Å²) in [7, 11) is 1.78. The van der Waals surface area contributed by atoms with Crippen molar-refractivity contribution in [1.29, 1.82) is 0 Å². The van der Waals surface area contributed by atoms with Crippen molar-refractivity contribution in [2.45, 2.75) is 87.5 Å². The quantitative estimate of drug-likeness (QED) is 0.349. The number of nitrogens with zero attached hydrogens (tertiary/aromatic N) is 1. The third kappa shape index (κ3) is 3.84. The molecule has 1 saturated heterocycles. The predicted octanol–water partition coefficient (Wildman–Crippen LogP) is 3.19. The Morgan fingerprint density at radius 2 is 1.91 bits per heavy atom. The Balaban J connectivity index is 1.12. The van der Waals surface area contributed by atoms with Gasteiger partial charge in [0.2, 0.25) is 11.8 Å². The van der Waals surface area contributed by atoms with E-state index >= 15 is 0 Å². The minimum absolute atomic E-state index is 0.0105. The molecule has 4 bridgehead atoms. The summed E-state index contributed by atoms with van der Waals surface area (Å²) in [5, 5.41) is 26.8. The zero-order valence-electron chi connectivity index (χ0n) is 25.6. The molecule has 9 heteroatoms. The fraction of sp³-hybridized carbons (Fsp3) is 0.600. The largest absolute Gasteiger partial charge is 0.508 e. The molecule has 5 aliphatic carbocycles. The number of methoxy groups -OCH3 is 1. The number of piperidine rings is 1. The maximum absolute atomic E-state index is 13.7. The van der Waals surface area contributed by atoms with Gasteiger partial charge >= 0.3 is 0 Å². The highest BCUT2D eigenvalue weighted by atomic mass is 16.6. The Morgan fingerprint density at radius 3 is 2.64 bits per heavy atom. The average molecular weight is 602 g/mol.